The summed E-state index contributed by atoms with van der Waals surface area (Å²) < 4.78 is 7.23. The third-order valence-electron chi connectivity index (χ3n) is 5.61. The van der Waals surface area contributed by atoms with E-state index in [0.717, 1.165) is 25.3 Å². The number of nitrogens with zero attached hydrogens (tertiary/aromatic N) is 4. The van der Waals surface area contributed by atoms with Crippen LogP contribution in [0.25, 0.3) is 17.1 Å². The summed E-state index contributed by atoms with van der Waals surface area (Å²) in [6.07, 6.45) is 1.62. The Morgan fingerprint density at radius 2 is 1.58 bits per heavy atom. The van der Waals surface area contributed by atoms with Crippen LogP contribution in [0, 0.1) is 0 Å². The minimum Gasteiger partial charge on any atom is -0.463 e. The maximum atomic E-state index is 13.5. The number of rotatable bonds is 5. The highest BCUT2D eigenvalue weighted by molar-refractivity contribution is 5.94. The Kier molecular flexibility index (Phi) is 5.37. The Hall–Kier alpha value is -3.64. The predicted molar refractivity (Wildman–Crippen MR) is 119 cm³/mol. The zero-order valence-corrected chi connectivity index (χ0v) is 17.2. The zero-order valence-electron chi connectivity index (χ0n) is 17.2. The highest BCUT2D eigenvalue weighted by Crippen LogP contribution is 2.23. The number of para-hydroxylation sites is 1. The summed E-state index contributed by atoms with van der Waals surface area (Å²) in [5.74, 6) is 0.643. The van der Waals surface area contributed by atoms with Crippen molar-refractivity contribution in [2.45, 2.75) is 6.54 Å². The standard InChI is InChI=1S/C25H24N4O2/c30-25(28-15-13-27(14-16-28)19-20-8-3-1-4-9-20)23-18-22(24-12-7-17-31-24)26-29(23)21-10-5-2-6-11-21/h1-12,17-18H,13-16,19H2. The topological polar surface area (TPSA) is 54.5 Å². The van der Waals surface area contributed by atoms with Crippen LogP contribution < -0.4 is 0 Å². The van der Waals surface area contributed by atoms with Gasteiger partial charge in [0.15, 0.2) is 5.76 Å². The van der Waals surface area contributed by atoms with Crippen LogP contribution >= 0.6 is 0 Å². The van der Waals surface area contributed by atoms with E-state index in [1.54, 1.807) is 10.9 Å². The van der Waals surface area contributed by atoms with Crippen molar-refractivity contribution in [1.82, 2.24) is 19.6 Å². The summed E-state index contributed by atoms with van der Waals surface area (Å²) in [5, 5.41) is 4.67. The van der Waals surface area contributed by atoms with Gasteiger partial charge in [-0.2, -0.15) is 5.10 Å². The Morgan fingerprint density at radius 3 is 2.26 bits per heavy atom. The summed E-state index contributed by atoms with van der Waals surface area (Å²) in [5.41, 5.74) is 3.35. The highest BCUT2D eigenvalue weighted by atomic mass is 16.3. The van der Waals surface area contributed by atoms with Gasteiger partial charge in [-0.05, 0) is 29.8 Å². The van der Waals surface area contributed by atoms with Crippen LogP contribution in [0.2, 0.25) is 0 Å². The van der Waals surface area contributed by atoms with Gasteiger partial charge in [0.05, 0.1) is 12.0 Å². The van der Waals surface area contributed by atoms with Crippen molar-refractivity contribution in [3.8, 4) is 17.1 Å². The van der Waals surface area contributed by atoms with Gasteiger partial charge >= 0.3 is 0 Å². The van der Waals surface area contributed by atoms with Gasteiger partial charge in [0, 0.05) is 38.8 Å². The van der Waals surface area contributed by atoms with Gasteiger partial charge in [0.2, 0.25) is 0 Å². The maximum absolute atomic E-state index is 13.5. The first-order valence-electron chi connectivity index (χ1n) is 10.5. The summed E-state index contributed by atoms with van der Waals surface area (Å²) in [4.78, 5) is 17.8. The number of aromatic nitrogens is 2. The number of carbonyl (C=O) groups excluding carboxylic acids is 1. The van der Waals surface area contributed by atoms with Gasteiger partial charge < -0.3 is 9.32 Å². The van der Waals surface area contributed by atoms with E-state index in [1.165, 1.54) is 5.56 Å². The van der Waals surface area contributed by atoms with Crippen LogP contribution in [0.5, 0.6) is 0 Å². The number of furan rings is 1. The first-order valence-corrected chi connectivity index (χ1v) is 10.5. The molecule has 2 aromatic carbocycles. The van der Waals surface area contributed by atoms with Crippen LogP contribution in [0.3, 0.4) is 0 Å². The lowest BCUT2D eigenvalue weighted by atomic mass is 10.2. The molecule has 0 saturated carbocycles. The average molecular weight is 412 g/mol. The molecule has 0 spiro atoms. The van der Waals surface area contributed by atoms with Gasteiger partial charge in [0.25, 0.3) is 5.91 Å². The predicted octanol–water partition coefficient (Wildman–Crippen LogP) is 4.09. The molecule has 1 aliphatic rings. The largest absolute Gasteiger partial charge is 0.463 e. The van der Waals surface area contributed by atoms with E-state index in [1.807, 2.05) is 59.5 Å². The van der Waals surface area contributed by atoms with E-state index < -0.39 is 0 Å². The summed E-state index contributed by atoms with van der Waals surface area (Å²) in [6, 6.07) is 25.7. The summed E-state index contributed by atoms with van der Waals surface area (Å²) >= 11 is 0. The normalized spacial score (nSPS) is 14.6. The SMILES string of the molecule is O=C(c1cc(-c2ccco2)nn1-c1ccccc1)N1CCN(Cc2ccccc2)CC1. The second-order valence-electron chi connectivity index (χ2n) is 7.69. The van der Waals surface area contributed by atoms with Crippen molar-refractivity contribution < 1.29 is 9.21 Å². The third kappa shape index (κ3) is 4.15. The molecule has 4 aromatic rings. The molecule has 0 unspecified atom stereocenters. The fourth-order valence-electron chi connectivity index (χ4n) is 3.96. The molecule has 0 bridgehead atoms. The summed E-state index contributed by atoms with van der Waals surface area (Å²) in [6.45, 7) is 4.01. The molecule has 156 valence electrons. The van der Waals surface area contributed by atoms with Gasteiger partial charge in [-0.1, -0.05) is 48.5 Å². The second-order valence-corrected chi connectivity index (χ2v) is 7.69. The molecule has 1 aliphatic heterocycles. The highest BCUT2D eigenvalue weighted by Gasteiger charge is 2.26. The molecule has 0 atom stereocenters. The Bertz CT molecular complexity index is 1130. The number of carbonyl (C=O) groups is 1. The number of hydrogen-bond donors (Lipinski definition) is 0. The first-order chi connectivity index (χ1) is 15.3. The van der Waals surface area contributed by atoms with E-state index in [2.05, 4.69) is 34.3 Å². The quantitative estimate of drug-likeness (QED) is 0.495. The molecule has 1 fully saturated rings. The van der Waals surface area contributed by atoms with Gasteiger partial charge in [-0.15, -0.1) is 0 Å². The molecule has 6 nitrogen and oxygen atoms in total. The van der Waals surface area contributed by atoms with Gasteiger partial charge in [-0.3, -0.25) is 9.69 Å². The molecular formula is C25H24N4O2. The van der Waals surface area contributed by atoms with Crippen LogP contribution in [-0.2, 0) is 6.54 Å². The number of hydrogen-bond acceptors (Lipinski definition) is 4. The van der Waals surface area contributed by atoms with Gasteiger partial charge in [0.1, 0.15) is 11.4 Å². The van der Waals surface area contributed by atoms with Crippen LogP contribution in [0.15, 0.2) is 89.5 Å². The van der Waals surface area contributed by atoms with Gasteiger partial charge in [-0.25, -0.2) is 4.68 Å². The van der Waals surface area contributed by atoms with Crippen LogP contribution in [0.4, 0.5) is 0 Å². The Morgan fingerprint density at radius 1 is 0.871 bits per heavy atom. The van der Waals surface area contributed by atoms with Crippen molar-refractivity contribution >= 4 is 5.91 Å². The van der Waals surface area contributed by atoms with Crippen molar-refractivity contribution in [3.63, 3.8) is 0 Å². The average Bonchev–Trinajstić information content (AvgIpc) is 3.51. The second kappa shape index (κ2) is 8.62. The molecule has 5 rings (SSSR count). The van der Waals surface area contributed by atoms with E-state index in [9.17, 15) is 4.79 Å². The molecule has 1 saturated heterocycles. The minimum absolute atomic E-state index is 0.00600. The molecule has 2 aromatic heterocycles. The van der Waals surface area contributed by atoms with E-state index in [4.69, 9.17) is 4.42 Å². The number of amides is 1. The van der Waals surface area contributed by atoms with Crippen molar-refractivity contribution in [1.29, 1.82) is 0 Å². The number of piperazine rings is 1. The Balaban J connectivity index is 1.35. The summed E-state index contributed by atoms with van der Waals surface area (Å²) in [7, 11) is 0. The van der Waals surface area contributed by atoms with E-state index in [-0.39, 0.29) is 5.91 Å². The van der Waals surface area contributed by atoms with E-state index >= 15 is 0 Å². The minimum atomic E-state index is -0.00600. The van der Waals surface area contributed by atoms with Crippen molar-refractivity contribution in [2.75, 3.05) is 26.2 Å². The first kappa shape index (κ1) is 19.3. The molecule has 6 heteroatoms. The lowest BCUT2D eigenvalue weighted by Gasteiger charge is -2.34. The molecule has 1 amide bonds. The third-order valence-corrected chi connectivity index (χ3v) is 5.61. The molecule has 0 aliphatic carbocycles. The fourth-order valence-corrected chi connectivity index (χ4v) is 3.96. The molecule has 0 radical (unpaired) electrons. The van der Waals surface area contributed by atoms with E-state index in [0.29, 0.717) is 30.2 Å². The molecule has 0 N–H and O–H groups in total. The lowest BCUT2D eigenvalue weighted by molar-refractivity contribution is 0.0619. The maximum Gasteiger partial charge on any atom is 0.272 e. The van der Waals surface area contributed by atoms with Crippen molar-refractivity contribution in [2.24, 2.45) is 0 Å². The number of benzene rings is 2. The van der Waals surface area contributed by atoms with Crippen LogP contribution in [0.1, 0.15) is 16.1 Å². The molecular weight excluding hydrogens is 388 g/mol. The fraction of sp³-hybridized carbons (Fsp3) is 0.200. The lowest BCUT2D eigenvalue weighted by Crippen LogP contribution is -2.48. The molecule has 3 heterocycles. The van der Waals surface area contributed by atoms with Crippen LogP contribution in [-0.4, -0.2) is 51.7 Å². The molecule has 31 heavy (non-hydrogen) atoms. The monoisotopic (exact) mass is 412 g/mol. The zero-order chi connectivity index (χ0) is 21.0. The smallest absolute Gasteiger partial charge is 0.272 e. The van der Waals surface area contributed by atoms with Crippen molar-refractivity contribution in [3.05, 3.63) is 96.4 Å². The Labute approximate surface area is 181 Å².